The summed E-state index contributed by atoms with van der Waals surface area (Å²) < 4.78 is 13.1. The Kier molecular flexibility index (Phi) is 15.9. The minimum atomic E-state index is -0.610. The SMILES string of the molecule is CO[PH+]=O.Cl. The van der Waals surface area contributed by atoms with Crippen LogP contribution in [0.5, 0.6) is 0 Å². The standard InChI is InChI=1S/CH4O2P.ClH/c1-3-4-2;/h4H,1H3;1H/q+1;. The van der Waals surface area contributed by atoms with E-state index in [1.165, 1.54) is 7.11 Å². The fourth-order valence-electron chi connectivity index (χ4n) is 0. The van der Waals surface area contributed by atoms with Crippen molar-refractivity contribution in [2.45, 2.75) is 0 Å². The fourth-order valence-corrected chi connectivity index (χ4v) is 0. The normalized spacial score (nSPS) is 6.60. The predicted octanol–water partition coefficient (Wildman–Crippen LogP) is 0.994. The molecule has 0 aliphatic rings. The van der Waals surface area contributed by atoms with Crippen molar-refractivity contribution in [3.8, 4) is 0 Å². The minimum absolute atomic E-state index is 0. The Balaban J connectivity index is 0. The average molecular weight is 115 g/mol. The van der Waals surface area contributed by atoms with E-state index in [0.29, 0.717) is 0 Å². The Labute approximate surface area is 38.2 Å². The first kappa shape index (κ1) is 9.02. The number of rotatable bonds is 1. The van der Waals surface area contributed by atoms with Gasteiger partial charge in [0.15, 0.2) is 0 Å². The largest absolute Gasteiger partial charge is 0.493 e. The first-order valence-electron chi connectivity index (χ1n) is 0.816. The van der Waals surface area contributed by atoms with Crippen LogP contribution in [-0.2, 0) is 9.09 Å². The maximum atomic E-state index is 9.10. The highest BCUT2D eigenvalue weighted by atomic mass is 35.5. The lowest BCUT2D eigenvalue weighted by molar-refractivity contribution is 0.433. The summed E-state index contributed by atoms with van der Waals surface area (Å²) >= 11 is 0. The lowest BCUT2D eigenvalue weighted by Gasteiger charge is -1.44. The summed E-state index contributed by atoms with van der Waals surface area (Å²) in [5.74, 6) is 0. The molecule has 0 N–H and O–H groups in total. The molecule has 0 fully saturated rings. The summed E-state index contributed by atoms with van der Waals surface area (Å²) in [4.78, 5) is 0. The molecule has 4 heteroatoms. The molecule has 0 aromatic rings. The molecule has 0 saturated carbocycles. The van der Waals surface area contributed by atoms with Gasteiger partial charge < -0.3 is 0 Å². The van der Waals surface area contributed by atoms with E-state index in [9.17, 15) is 0 Å². The van der Waals surface area contributed by atoms with Gasteiger partial charge in [-0.3, -0.25) is 0 Å². The highest BCUT2D eigenvalue weighted by Crippen LogP contribution is 1.83. The summed E-state index contributed by atoms with van der Waals surface area (Å²) in [6, 6.07) is 0. The van der Waals surface area contributed by atoms with E-state index in [4.69, 9.17) is 4.57 Å². The third-order valence-electron chi connectivity index (χ3n) is 0.0833. The van der Waals surface area contributed by atoms with E-state index in [2.05, 4.69) is 4.52 Å². The maximum absolute atomic E-state index is 9.10. The molecule has 0 saturated heterocycles. The van der Waals surface area contributed by atoms with Crippen LogP contribution in [0.25, 0.3) is 0 Å². The molecule has 0 aliphatic carbocycles. The van der Waals surface area contributed by atoms with Gasteiger partial charge in [-0.25, -0.2) is 0 Å². The summed E-state index contributed by atoms with van der Waals surface area (Å²) in [7, 11) is 0.771. The van der Waals surface area contributed by atoms with Crippen LogP contribution in [0.3, 0.4) is 0 Å². The zero-order valence-electron chi connectivity index (χ0n) is 2.72. The van der Waals surface area contributed by atoms with Gasteiger partial charge >= 0.3 is 8.69 Å². The van der Waals surface area contributed by atoms with Crippen LogP contribution in [0.4, 0.5) is 0 Å². The highest BCUT2D eigenvalue weighted by Gasteiger charge is 1.65. The second-order valence-electron chi connectivity index (χ2n) is 0.287. The molecule has 0 aromatic heterocycles. The van der Waals surface area contributed by atoms with E-state index < -0.39 is 8.69 Å². The Bertz CT molecular complexity index is 23.6. The minimum Gasteiger partial charge on any atom is -0.151 e. The van der Waals surface area contributed by atoms with Crippen molar-refractivity contribution >= 4 is 21.1 Å². The quantitative estimate of drug-likeness (QED) is 0.477. The molecule has 1 unspecified atom stereocenters. The molecule has 0 aromatic carbocycles. The van der Waals surface area contributed by atoms with Gasteiger partial charge in [0.05, 0.1) is 7.11 Å². The van der Waals surface area contributed by atoms with E-state index in [0.717, 1.165) is 0 Å². The van der Waals surface area contributed by atoms with E-state index in [-0.39, 0.29) is 12.4 Å². The average Bonchev–Trinajstić information content (AvgIpc) is 1.37. The van der Waals surface area contributed by atoms with Crippen molar-refractivity contribution in [1.29, 1.82) is 0 Å². The summed E-state index contributed by atoms with van der Waals surface area (Å²) in [5, 5.41) is 0. The highest BCUT2D eigenvalue weighted by molar-refractivity contribution is 7.17. The first-order valence-corrected chi connectivity index (χ1v) is 1.63. The Morgan fingerprint density at radius 2 is 2.00 bits per heavy atom. The lowest BCUT2D eigenvalue weighted by atomic mass is 11.8. The molecular weight excluding hydrogens is 110 g/mol. The van der Waals surface area contributed by atoms with Gasteiger partial charge in [0.2, 0.25) is 0 Å². The molecule has 5 heavy (non-hydrogen) atoms. The van der Waals surface area contributed by atoms with Crippen LogP contribution >= 0.6 is 21.1 Å². The second-order valence-corrected chi connectivity index (χ2v) is 0.862. The monoisotopic (exact) mass is 115 g/mol. The smallest absolute Gasteiger partial charge is 0.151 e. The van der Waals surface area contributed by atoms with Gasteiger partial charge in [0.25, 0.3) is 0 Å². The van der Waals surface area contributed by atoms with E-state index in [1.54, 1.807) is 0 Å². The summed E-state index contributed by atoms with van der Waals surface area (Å²) in [6.07, 6.45) is 0. The van der Waals surface area contributed by atoms with Crippen molar-refractivity contribution in [1.82, 2.24) is 0 Å². The predicted molar refractivity (Wildman–Crippen MR) is 23.3 cm³/mol. The number of hydrogen-bond donors (Lipinski definition) is 0. The fraction of sp³-hybridized carbons (Fsp3) is 1.00. The molecule has 32 valence electrons. The van der Waals surface area contributed by atoms with Gasteiger partial charge in [-0.05, 0) is 4.57 Å². The van der Waals surface area contributed by atoms with Crippen molar-refractivity contribution in [3.05, 3.63) is 0 Å². The molecule has 0 spiro atoms. The van der Waals surface area contributed by atoms with Gasteiger partial charge in [-0.15, -0.1) is 12.4 Å². The van der Waals surface area contributed by atoms with Crippen molar-refractivity contribution < 1.29 is 9.09 Å². The number of halogens is 1. The van der Waals surface area contributed by atoms with Crippen molar-refractivity contribution in [2.75, 3.05) is 7.11 Å². The van der Waals surface area contributed by atoms with Crippen LogP contribution in [0.15, 0.2) is 0 Å². The summed E-state index contributed by atoms with van der Waals surface area (Å²) in [5.41, 5.74) is 0. The molecule has 0 aliphatic heterocycles. The zero-order chi connectivity index (χ0) is 3.41. The Morgan fingerprint density at radius 3 is 2.00 bits per heavy atom. The topological polar surface area (TPSA) is 26.3 Å². The Hall–Kier alpha value is 0.350. The molecule has 1 atom stereocenters. The van der Waals surface area contributed by atoms with Gasteiger partial charge in [-0.2, -0.15) is 4.52 Å². The Morgan fingerprint density at radius 1 is 1.80 bits per heavy atom. The maximum Gasteiger partial charge on any atom is 0.493 e. The van der Waals surface area contributed by atoms with Gasteiger partial charge in [0, 0.05) is 0 Å². The summed E-state index contributed by atoms with van der Waals surface area (Å²) in [6.45, 7) is 0. The molecule has 0 amide bonds. The third kappa shape index (κ3) is 13.2. The van der Waals surface area contributed by atoms with Crippen molar-refractivity contribution in [2.24, 2.45) is 0 Å². The number of hydrogen-bond acceptors (Lipinski definition) is 2. The van der Waals surface area contributed by atoms with Gasteiger partial charge in [-0.1, -0.05) is 0 Å². The van der Waals surface area contributed by atoms with Crippen LogP contribution < -0.4 is 0 Å². The van der Waals surface area contributed by atoms with Crippen LogP contribution in [0.1, 0.15) is 0 Å². The molecule has 2 nitrogen and oxygen atoms in total. The van der Waals surface area contributed by atoms with Crippen LogP contribution in [0, 0.1) is 0 Å². The first-order chi connectivity index (χ1) is 1.91. The zero-order valence-corrected chi connectivity index (χ0v) is 4.54. The molecular formula is CH5ClO2P+. The van der Waals surface area contributed by atoms with Crippen molar-refractivity contribution in [3.63, 3.8) is 0 Å². The molecule has 0 rings (SSSR count). The van der Waals surface area contributed by atoms with Crippen LogP contribution in [0.2, 0.25) is 0 Å². The van der Waals surface area contributed by atoms with Gasteiger partial charge in [0.1, 0.15) is 0 Å². The molecule has 0 radical (unpaired) electrons. The molecule has 0 bridgehead atoms. The second kappa shape index (κ2) is 8.84. The van der Waals surface area contributed by atoms with E-state index >= 15 is 0 Å². The molecule has 0 heterocycles. The van der Waals surface area contributed by atoms with Crippen LogP contribution in [-0.4, -0.2) is 7.11 Å². The third-order valence-corrected chi connectivity index (χ3v) is 0.250. The lowest BCUT2D eigenvalue weighted by Crippen LogP contribution is -1.42. The van der Waals surface area contributed by atoms with E-state index in [1.807, 2.05) is 0 Å².